The molecule has 0 saturated heterocycles. The van der Waals surface area contributed by atoms with Gasteiger partial charge in [0.25, 0.3) is 5.91 Å². The summed E-state index contributed by atoms with van der Waals surface area (Å²) in [6.45, 7) is 3.17. The van der Waals surface area contributed by atoms with Gasteiger partial charge in [-0.2, -0.15) is 0 Å². The molecule has 1 fully saturated rings. The molecule has 0 heterocycles. The zero-order chi connectivity index (χ0) is 15.4. The van der Waals surface area contributed by atoms with Crippen molar-refractivity contribution in [3.63, 3.8) is 0 Å². The van der Waals surface area contributed by atoms with Crippen LogP contribution < -0.4 is 10.1 Å². The maximum Gasteiger partial charge on any atom is 0.260 e. The van der Waals surface area contributed by atoms with Crippen LogP contribution in [-0.4, -0.2) is 37.0 Å². The third kappa shape index (κ3) is 4.77. The van der Waals surface area contributed by atoms with Gasteiger partial charge >= 0.3 is 0 Å². The highest BCUT2D eigenvalue weighted by Crippen LogP contribution is 2.33. The summed E-state index contributed by atoms with van der Waals surface area (Å²) in [6, 6.07) is 4.03. The second-order valence-corrected chi connectivity index (χ2v) is 6.07. The van der Waals surface area contributed by atoms with Crippen LogP contribution in [0.5, 0.6) is 5.75 Å². The number of carbonyl (C=O) groups is 1. The molecule has 0 aromatic heterocycles. The summed E-state index contributed by atoms with van der Waals surface area (Å²) in [4.78, 5) is 13.4. The van der Waals surface area contributed by atoms with E-state index in [1.165, 1.54) is 12.8 Å². The fraction of sp³-hybridized carbons (Fsp3) is 0.533. The Bertz CT molecular complexity index is 519. The van der Waals surface area contributed by atoms with Gasteiger partial charge in [0.05, 0.1) is 5.02 Å². The Labute approximate surface area is 135 Å². The lowest BCUT2D eigenvalue weighted by atomic mass is 10.2. The molecule has 6 heteroatoms. The van der Waals surface area contributed by atoms with Gasteiger partial charge in [-0.15, -0.1) is 0 Å². The standard InChI is InChI=1S/C15H20Cl2N2O2/c1-3-19(2)14(20)9-21-15-10(8-18-12-4-5-12)6-11(16)7-13(15)17/h6-7,12,18H,3-5,8-9H2,1-2H3. The van der Waals surface area contributed by atoms with Crippen LogP contribution in [0.25, 0.3) is 0 Å². The lowest BCUT2D eigenvalue weighted by Gasteiger charge is -2.17. The third-order valence-electron chi connectivity index (χ3n) is 3.48. The number of benzene rings is 1. The van der Waals surface area contributed by atoms with E-state index in [1.807, 2.05) is 13.0 Å². The summed E-state index contributed by atoms with van der Waals surface area (Å²) in [7, 11) is 1.74. The molecule has 1 saturated carbocycles. The van der Waals surface area contributed by atoms with Gasteiger partial charge in [-0.3, -0.25) is 4.79 Å². The Morgan fingerprint density at radius 1 is 1.43 bits per heavy atom. The Hall–Kier alpha value is -0.970. The fourth-order valence-corrected chi connectivity index (χ4v) is 2.46. The van der Waals surface area contributed by atoms with Gasteiger partial charge in [0, 0.05) is 36.8 Å². The Balaban J connectivity index is 2.06. The predicted molar refractivity (Wildman–Crippen MR) is 85.1 cm³/mol. The average molecular weight is 331 g/mol. The summed E-state index contributed by atoms with van der Waals surface area (Å²) >= 11 is 12.2. The Kier molecular flexibility index (Phi) is 5.73. The van der Waals surface area contributed by atoms with E-state index in [1.54, 1.807) is 18.0 Å². The van der Waals surface area contributed by atoms with E-state index in [4.69, 9.17) is 27.9 Å². The van der Waals surface area contributed by atoms with Crippen molar-refractivity contribution in [1.29, 1.82) is 0 Å². The van der Waals surface area contributed by atoms with Crippen molar-refractivity contribution in [3.05, 3.63) is 27.7 Å². The summed E-state index contributed by atoms with van der Waals surface area (Å²) in [5.41, 5.74) is 0.881. The zero-order valence-corrected chi connectivity index (χ0v) is 13.8. The predicted octanol–water partition coefficient (Wildman–Crippen LogP) is 3.10. The molecular weight excluding hydrogens is 311 g/mol. The number of ether oxygens (including phenoxy) is 1. The number of nitrogens with zero attached hydrogens (tertiary/aromatic N) is 1. The Morgan fingerprint density at radius 2 is 2.14 bits per heavy atom. The SMILES string of the molecule is CCN(C)C(=O)COc1c(Cl)cc(Cl)cc1CNC1CC1. The maximum atomic E-state index is 11.8. The van der Waals surface area contributed by atoms with Crippen LogP contribution in [0.3, 0.4) is 0 Å². The van der Waals surface area contributed by atoms with Crippen molar-refractivity contribution in [3.8, 4) is 5.75 Å². The van der Waals surface area contributed by atoms with E-state index in [0.717, 1.165) is 5.56 Å². The van der Waals surface area contributed by atoms with Crippen LogP contribution in [0.2, 0.25) is 10.0 Å². The molecule has 1 aliphatic carbocycles. The zero-order valence-electron chi connectivity index (χ0n) is 12.3. The number of halogens is 2. The summed E-state index contributed by atoms with van der Waals surface area (Å²) in [5.74, 6) is 0.455. The van der Waals surface area contributed by atoms with Crippen molar-refractivity contribution >= 4 is 29.1 Å². The normalized spacial score (nSPS) is 14.1. The first kappa shape index (κ1) is 16.4. The topological polar surface area (TPSA) is 41.6 Å². The summed E-state index contributed by atoms with van der Waals surface area (Å²) < 4.78 is 5.64. The molecule has 0 aliphatic heterocycles. The molecule has 1 aliphatic rings. The highest BCUT2D eigenvalue weighted by Gasteiger charge is 2.21. The van der Waals surface area contributed by atoms with Crippen LogP contribution in [0.15, 0.2) is 12.1 Å². The number of hydrogen-bond donors (Lipinski definition) is 1. The lowest BCUT2D eigenvalue weighted by molar-refractivity contribution is -0.131. The molecular formula is C15H20Cl2N2O2. The van der Waals surface area contributed by atoms with Crippen LogP contribution in [0.1, 0.15) is 25.3 Å². The van der Waals surface area contributed by atoms with Crippen molar-refractivity contribution in [1.82, 2.24) is 10.2 Å². The molecule has 4 nitrogen and oxygen atoms in total. The van der Waals surface area contributed by atoms with Crippen LogP contribution in [0.4, 0.5) is 0 Å². The first-order valence-electron chi connectivity index (χ1n) is 7.09. The summed E-state index contributed by atoms with van der Waals surface area (Å²) in [6.07, 6.45) is 2.40. The second-order valence-electron chi connectivity index (χ2n) is 5.23. The van der Waals surface area contributed by atoms with Gasteiger partial charge in [0.15, 0.2) is 6.61 Å². The van der Waals surface area contributed by atoms with E-state index in [9.17, 15) is 4.79 Å². The molecule has 1 N–H and O–H groups in total. The number of hydrogen-bond acceptors (Lipinski definition) is 3. The average Bonchev–Trinajstić information content (AvgIpc) is 3.26. The lowest BCUT2D eigenvalue weighted by Crippen LogP contribution is -2.31. The van der Waals surface area contributed by atoms with E-state index in [0.29, 0.717) is 34.9 Å². The first-order chi connectivity index (χ1) is 10.0. The van der Waals surface area contributed by atoms with Gasteiger partial charge in [-0.25, -0.2) is 0 Å². The largest absolute Gasteiger partial charge is 0.482 e. The van der Waals surface area contributed by atoms with Crippen molar-refractivity contribution < 1.29 is 9.53 Å². The number of rotatable bonds is 7. The molecule has 0 unspecified atom stereocenters. The first-order valence-corrected chi connectivity index (χ1v) is 7.85. The van der Waals surface area contributed by atoms with E-state index < -0.39 is 0 Å². The molecule has 2 rings (SSSR count). The monoisotopic (exact) mass is 330 g/mol. The van der Waals surface area contributed by atoms with E-state index >= 15 is 0 Å². The van der Waals surface area contributed by atoms with E-state index in [-0.39, 0.29) is 12.5 Å². The number of amides is 1. The van der Waals surface area contributed by atoms with Gasteiger partial charge in [0.2, 0.25) is 0 Å². The highest BCUT2D eigenvalue weighted by molar-refractivity contribution is 6.35. The van der Waals surface area contributed by atoms with Crippen molar-refractivity contribution in [2.45, 2.75) is 32.4 Å². The Morgan fingerprint density at radius 3 is 2.76 bits per heavy atom. The molecule has 1 aromatic rings. The molecule has 0 radical (unpaired) electrons. The third-order valence-corrected chi connectivity index (χ3v) is 3.98. The molecule has 1 aromatic carbocycles. The summed E-state index contributed by atoms with van der Waals surface area (Å²) in [5, 5.41) is 4.40. The van der Waals surface area contributed by atoms with E-state index in [2.05, 4.69) is 5.32 Å². The van der Waals surface area contributed by atoms with Crippen LogP contribution >= 0.6 is 23.2 Å². The second kappa shape index (κ2) is 7.34. The van der Waals surface area contributed by atoms with Gasteiger partial charge < -0.3 is 15.0 Å². The minimum absolute atomic E-state index is 0.0257. The van der Waals surface area contributed by atoms with Crippen LogP contribution in [0, 0.1) is 0 Å². The smallest absolute Gasteiger partial charge is 0.260 e. The minimum Gasteiger partial charge on any atom is -0.482 e. The molecule has 0 atom stereocenters. The van der Waals surface area contributed by atoms with Crippen molar-refractivity contribution in [2.75, 3.05) is 20.2 Å². The molecule has 1 amide bonds. The van der Waals surface area contributed by atoms with Crippen LogP contribution in [-0.2, 0) is 11.3 Å². The van der Waals surface area contributed by atoms with Gasteiger partial charge in [0.1, 0.15) is 5.75 Å². The number of likely N-dealkylation sites (N-methyl/N-ethyl adjacent to an activating group) is 1. The maximum absolute atomic E-state index is 11.8. The molecule has 0 spiro atoms. The molecule has 0 bridgehead atoms. The number of nitrogens with one attached hydrogen (secondary N) is 1. The highest BCUT2D eigenvalue weighted by atomic mass is 35.5. The number of carbonyl (C=O) groups excluding carboxylic acids is 1. The quantitative estimate of drug-likeness (QED) is 0.835. The molecule has 116 valence electrons. The van der Waals surface area contributed by atoms with Gasteiger partial charge in [-0.1, -0.05) is 23.2 Å². The van der Waals surface area contributed by atoms with Crippen molar-refractivity contribution in [2.24, 2.45) is 0 Å². The fourth-order valence-electron chi connectivity index (χ4n) is 1.87. The van der Waals surface area contributed by atoms with Gasteiger partial charge in [-0.05, 0) is 31.9 Å². The minimum atomic E-state index is -0.0791. The molecule has 21 heavy (non-hydrogen) atoms.